The highest BCUT2D eigenvalue weighted by Crippen LogP contribution is 2.16. The van der Waals surface area contributed by atoms with Gasteiger partial charge < -0.3 is 10.4 Å². The maximum atomic E-state index is 11.6. The van der Waals surface area contributed by atoms with Gasteiger partial charge in [-0.1, -0.05) is 0 Å². The van der Waals surface area contributed by atoms with E-state index in [4.69, 9.17) is 5.11 Å². The second-order valence-electron chi connectivity index (χ2n) is 3.95. The Kier molecular flexibility index (Phi) is 4.65. The summed E-state index contributed by atoms with van der Waals surface area (Å²) < 4.78 is 0. The molecule has 20 heavy (non-hydrogen) atoms. The van der Waals surface area contributed by atoms with Crippen molar-refractivity contribution in [2.24, 2.45) is 0 Å². The van der Waals surface area contributed by atoms with Gasteiger partial charge in [-0.25, -0.2) is 9.78 Å². The molecule has 0 aliphatic carbocycles. The zero-order chi connectivity index (χ0) is 14.5. The molecule has 0 saturated carbocycles. The van der Waals surface area contributed by atoms with E-state index in [1.807, 2.05) is 18.4 Å². The van der Waals surface area contributed by atoms with E-state index in [9.17, 15) is 9.59 Å². The third-order valence-electron chi connectivity index (χ3n) is 2.47. The largest absolute Gasteiger partial charge is 0.476 e. The molecule has 2 rings (SSSR count). The molecule has 0 fully saturated rings. The van der Waals surface area contributed by atoms with Crippen LogP contribution in [0.2, 0.25) is 0 Å². The molecule has 0 atom stereocenters. The number of nitrogens with zero attached hydrogens (tertiary/aromatic N) is 1. The third-order valence-corrected chi connectivity index (χ3v) is 4.31. The Morgan fingerprint density at radius 2 is 2.25 bits per heavy atom. The van der Waals surface area contributed by atoms with Crippen LogP contribution in [0.5, 0.6) is 0 Å². The van der Waals surface area contributed by atoms with Crippen molar-refractivity contribution in [3.8, 4) is 0 Å². The number of aromatic carboxylic acids is 1. The number of carboxylic acids is 1. The van der Waals surface area contributed by atoms with Gasteiger partial charge in [0.2, 0.25) is 5.91 Å². The van der Waals surface area contributed by atoms with Crippen molar-refractivity contribution in [3.63, 3.8) is 0 Å². The Bertz CT molecular complexity index is 658. The van der Waals surface area contributed by atoms with Crippen LogP contribution in [0.1, 0.15) is 25.9 Å². The van der Waals surface area contributed by atoms with Gasteiger partial charge in [0.15, 0.2) is 5.69 Å². The van der Waals surface area contributed by atoms with Crippen LogP contribution in [-0.4, -0.2) is 22.0 Å². The first-order chi connectivity index (χ1) is 9.56. The van der Waals surface area contributed by atoms with Gasteiger partial charge in [-0.05, 0) is 30.0 Å². The molecule has 0 radical (unpaired) electrons. The topological polar surface area (TPSA) is 79.3 Å². The Balaban J connectivity index is 1.87. The summed E-state index contributed by atoms with van der Waals surface area (Å²) in [5.41, 5.74) is 1.13. The highest BCUT2D eigenvalue weighted by molar-refractivity contribution is 7.11. The predicted octanol–water partition coefficient (Wildman–Crippen LogP) is 2.54. The molecule has 0 unspecified atom stereocenters. The fourth-order valence-corrected chi connectivity index (χ4v) is 2.95. The summed E-state index contributed by atoms with van der Waals surface area (Å²) in [5, 5.41) is 15.4. The van der Waals surface area contributed by atoms with E-state index in [0.717, 1.165) is 10.4 Å². The fraction of sp³-hybridized carbons (Fsp3) is 0.154. The summed E-state index contributed by atoms with van der Waals surface area (Å²) >= 11 is 2.78. The second kappa shape index (κ2) is 6.44. The van der Waals surface area contributed by atoms with Crippen LogP contribution in [0.25, 0.3) is 6.08 Å². The molecule has 2 N–H and O–H groups in total. The molecule has 1 amide bonds. The lowest BCUT2D eigenvalue weighted by atomic mass is 10.3. The molecule has 0 aromatic carbocycles. The number of amides is 1. The van der Waals surface area contributed by atoms with E-state index in [0.29, 0.717) is 5.01 Å². The molecule has 0 bridgehead atoms. The Labute approximate surface area is 123 Å². The van der Waals surface area contributed by atoms with Crippen LogP contribution < -0.4 is 5.32 Å². The number of thiazole rings is 1. The maximum Gasteiger partial charge on any atom is 0.355 e. The summed E-state index contributed by atoms with van der Waals surface area (Å²) in [6.07, 6.45) is 3.23. The van der Waals surface area contributed by atoms with Crippen molar-refractivity contribution < 1.29 is 14.7 Å². The number of hydrogen-bond acceptors (Lipinski definition) is 5. The van der Waals surface area contributed by atoms with E-state index in [1.165, 1.54) is 22.8 Å². The summed E-state index contributed by atoms with van der Waals surface area (Å²) in [4.78, 5) is 27.2. The van der Waals surface area contributed by atoms with Crippen LogP contribution in [-0.2, 0) is 11.3 Å². The number of carbonyl (C=O) groups excluding carboxylic acids is 1. The Morgan fingerprint density at radius 3 is 2.85 bits per heavy atom. The molecule has 0 aliphatic rings. The molecule has 0 spiro atoms. The minimum Gasteiger partial charge on any atom is -0.476 e. The number of hydrogen-bond donors (Lipinski definition) is 2. The highest BCUT2D eigenvalue weighted by atomic mass is 32.1. The van der Waals surface area contributed by atoms with Crippen molar-refractivity contribution >= 4 is 40.6 Å². The lowest BCUT2D eigenvalue weighted by molar-refractivity contribution is -0.116. The van der Waals surface area contributed by atoms with Gasteiger partial charge in [0.1, 0.15) is 5.01 Å². The van der Waals surface area contributed by atoms with E-state index < -0.39 is 5.97 Å². The SMILES string of the molecule is Cc1ccsc1C=CC(=O)NCc1nc(C(=O)O)cs1. The van der Waals surface area contributed by atoms with Crippen molar-refractivity contribution in [1.29, 1.82) is 0 Å². The predicted molar refractivity (Wildman–Crippen MR) is 79.0 cm³/mol. The molecule has 5 nitrogen and oxygen atoms in total. The second-order valence-corrected chi connectivity index (χ2v) is 5.84. The molecule has 2 aromatic rings. The van der Waals surface area contributed by atoms with Crippen molar-refractivity contribution in [2.75, 3.05) is 0 Å². The third kappa shape index (κ3) is 3.75. The molecule has 104 valence electrons. The van der Waals surface area contributed by atoms with Crippen LogP contribution in [0.15, 0.2) is 22.9 Å². The van der Waals surface area contributed by atoms with E-state index in [1.54, 1.807) is 17.4 Å². The van der Waals surface area contributed by atoms with Crippen LogP contribution >= 0.6 is 22.7 Å². The van der Waals surface area contributed by atoms with Gasteiger partial charge in [-0.2, -0.15) is 0 Å². The molecule has 7 heteroatoms. The van der Waals surface area contributed by atoms with Gasteiger partial charge in [0.05, 0.1) is 6.54 Å². The number of rotatable bonds is 5. The van der Waals surface area contributed by atoms with Crippen molar-refractivity contribution in [1.82, 2.24) is 10.3 Å². The quantitative estimate of drug-likeness (QED) is 0.832. The first-order valence-corrected chi connectivity index (χ1v) is 7.50. The zero-order valence-corrected chi connectivity index (χ0v) is 12.3. The minimum absolute atomic E-state index is 0.00371. The molecule has 0 saturated heterocycles. The smallest absolute Gasteiger partial charge is 0.355 e. The number of aryl methyl sites for hydroxylation is 1. The number of carboxylic acid groups (broad SMARTS) is 1. The maximum absolute atomic E-state index is 11.6. The van der Waals surface area contributed by atoms with Crippen LogP contribution in [0, 0.1) is 6.92 Å². The average molecular weight is 308 g/mol. The lowest BCUT2D eigenvalue weighted by Crippen LogP contribution is -2.20. The van der Waals surface area contributed by atoms with E-state index in [2.05, 4.69) is 10.3 Å². The monoisotopic (exact) mass is 308 g/mol. The summed E-state index contributed by atoms with van der Waals surface area (Å²) in [6, 6.07) is 1.99. The Hall–Kier alpha value is -1.99. The van der Waals surface area contributed by atoms with Crippen LogP contribution in [0.4, 0.5) is 0 Å². The van der Waals surface area contributed by atoms with Crippen molar-refractivity contribution in [2.45, 2.75) is 13.5 Å². The minimum atomic E-state index is -1.06. The van der Waals surface area contributed by atoms with E-state index in [-0.39, 0.29) is 18.1 Å². The van der Waals surface area contributed by atoms with Gasteiger partial charge in [0.25, 0.3) is 0 Å². The fourth-order valence-electron chi connectivity index (χ4n) is 1.42. The van der Waals surface area contributed by atoms with Gasteiger partial charge in [-0.3, -0.25) is 4.79 Å². The standard InChI is InChI=1S/C13H12N2O3S2/c1-8-4-5-19-10(8)2-3-11(16)14-6-12-15-9(7-20-12)13(17)18/h2-5,7H,6H2,1H3,(H,14,16)(H,17,18). The lowest BCUT2D eigenvalue weighted by Gasteiger charge is -1.98. The summed E-state index contributed by atoms with van der Waals surface area (Å²) in [7, 11) is 0. The van der Waals surface area contributed by atoms with E-state index >= 15 is 0 Å². The number of carbonyl (C=O) groups is 2. The molecule has 0 aliphatic heterocycles. The molecular weight excluding hydrogens is 296 g/mol. The highest BCUT2D eigenvalue weighted by Gasteiger charge is 2.08. The summed E-state index contributed by atoms with van der Waals surface area (Å²) in [6.45, 7) is 2.21. The first kappa shape index (κ1) is 14.4. The molecule has 2 aromatic heterocycles. The van der Waals surface area contributed by atoms with Gasteiger partial charge in [-0.15, -0.1) is 22.7 Å². The van der Waals surface area contributed by atoms with Gasteiger partial charge in [0, 0.05) is 16.3 Å². The Morgan fingerprint density at radius 1 is 1.45 bits per heavy atom. The summed E-state index contributed by atoms with van der Waals surface area (Å²) in [5.74, 6) is -1.29. The number of thiophene rings is 1. The average Bonchev–Trinajstić information content (AvgIpc) is 3.03. The van der Waals surface area contributed by atoms with Gasteiger partial charge >= 0.3 is 5.97 Å². The van der Waals surface area contributed by atoms with Crippen molar-refractivity contribution in [3.05, 3.63) is 44.0 Å². The number of aromatic nitrogens is 1. The van der Waals surface area contributed by atoms with Crippen LogP contribution in [0.3, 0.4) is 0 Å². The zero-order valence-electron chi connectivity index (χ0n) is 10.6. The molecular formula is C13H12N2O3S2. The first-order valence-electron chi connectivity index (χ1n) is 5.74. The molecule has 2 heterocycles. The number of nitrogens with one attached hydrogen (secondary N) is 1. The normalized spacial score (nSPS) is 10.8.